The maximum atomic E-state index is 12.4. The standard InChI is InChI=1S/C23H43N5O3/c1-6-24-21(25-14-8-9-20(29)26-19-10-11-19)28-15-12-18(13-16-28)17-27(7-2)22(30)31-23(3,4)5/h18-19H,6-17H2,1-5H3,(H,24,25)(H,26,29). The fourth-order valence-electron chi connectivity index (χ4n) is 3.68. The molecule has 1 heterocycles. The van der Waals surface area contributed by atoms with Crippen LogP contribution in [0.15, 0.2) is 4.99 Å². The lowest BCUT2D eigenvalue weighted by atomic mass is 9.96. The van der Waals surface area contributed by atoms with Gasteiger partial charge in [0, 0.05) is 51.7 Å². The first-order valence-corrected chi connectivity index (χ1v) is 12.0. The van der Waals surface area contributed by atoms with E-state index in [0.717, 1.165) is 64.2 Å². The van der Waals surface area contributed by atoms with Crippen molar-refractivity contribution >= 4 is 18.0 Å². The number of hydrogen-bond donors (Lipinski definition) is 2. The lowest BCUT2D eigenvalue weighted by Gasteiger charge is -2.36. The summed E-state index contributed by atoms with van der Waals surface area (Å²) in [4.78, 5) is 33.1. The zero-order valence-corrected chi connectivity index (χ0v) is 20.2. The smallest absolute Gasteiger partial charge is 0.410 e. The van der Waals surface area contributed by atoms with Gasteiger partial charge in [0.25, 0.3) is 0 Å². The molecule has 1 aliphatic carbocycles. The lowest BCUT2D eigenvalue weighted by Crippen LogP contribution is -2.48. The molecule has 0 aromatic carbocycles. The minimum atomic E-state index is -0.469. The molecular weight excluding hydrogens is 394 g/mol. The Morgan fingerprint density at radius 3 is 2.35 bits per heavy atom. The van der Waals surface area contributed by atoms with Gasteiger partial charge in [0.2, 0.25) is 5.91 Å². The predicted octanol–water partition coefficient (Wildman–Crippen LogP) is 2.98. The zero-order valence-electron chi connectivity index (χ0n) is 20.2. The van der Waals surface area contributed by atoms with Crippen molar-refractivity contribution in [3.8, 4) is 0 Å². The minimum Gasteiger partial charge on any atom is -0.444 e. The summed E-state index contributed by atoms with van der Waals surface area (Å²) in [6.07, 6.45) is 5.37. The number of rotatable bonds is 9. The molecule has 0 spiro atoms. The molecule has 2 aliphatic rings. The highest BCUT2D eigenvalue weighted by molar-refractivity contribution is 5.80. The van der Waals surface area contributed by atoms with Crippen LogP contribution in [0.25, 0.3) is 0 Å². The third kappa shape index (κ3) is 9.78. The van der Waals surface area contributed by atoms with Crippen LogP contribution in [0.2, 0.25) is 0 Å². The summed E-state index contributed by atoms with van der Waals surface area (Å²) in [7, 11) is 0. The Morgan fingerprint density at radius 2 is 1.81 bits per heavy atom. The summed E-state index contributed by atoms with van der Waals surface area (Å²) in [6.45, 7) is 14.5. The van der Waals surface area contributed by atoms with Crippen molar-refractivity contribution in [3.05, 3.63) is 0 Å². The second kappa shape index (κ2) is 12.2. The molecule has 8 heteroatoms. The van der Waals surface area contributed by atoms with Crippen LogP contribution in [0.4, 0.5) is 4.79 Å². The highest BCUT2D eigenvalue weighted by Gasteiger charge is 2.27. The monoisotopic (exact) mass is 437 g/mol. The zero-order chi connectivity index (χ0) is 22.9. The van der Waals surface area contributed by atoms with Crippen LogP contribution in [-0.4, -0.2) is 78.7 Å². The molecule has 2 fully saturated rings. The Hall–Kier alpha value is -1.99. The van der Waals surface area contributed by atoms with Gasteiger partial charge in [-0.3, -0.25) is 9.79 Å². The Bertz CT molecular complexity index is 605. The summed E-state index contributed by atoms with van der Waals surface area (Å²) in [5.41, 5.74) is -0.469. The average molecular weight is 438 g/mol. The van der Waals surface area contributed by atoms with Crippen molar-refractivity contribution in [3.63, 3.8) is 0 Å². The molecule has 1 saturated carbocycles. The number of guanidine groups is 1. The second-order valence-corrected chi connectivity index (χ2v) is 9.63. The molecule has 0 bridgehead atoms. The van der Waals surface area contributed by atoms with Gasteiger partial charge in [0.15, 0.2) is 5.96 Å². The Morgan fingerprint density at radius 1 is 1.13 bits per heavy atom. The quantitative estimate of drug-likeness (QED) is 0.329. The van der Waals surface area contributed by atoms with E-state index < -0.39 is 5.60 Å². The van der Waals surface area contributed by atoms with E-state index >= 15 is 0 Å². The summed E-state index contributed by atoms with van der Waals surface area (Å²) in [5, 5.41) is 6.41. The highest BCUT2D eigenvalue weighted by atomic mass is 16.6. The predicted molar refractivity (Wildman–Crippen MR) is 124 cm³/mol. The van der Waals surface area contributed by atoms with Crippen molar-refractivity contribution in [2.24, 2.45) is 10.9 Å². The number of aliphatic imine (C=N–C) groups is 1. The number of nitrogens with zero attached hydrogens (tertiary/aromatic N) is 3. The van der Waals surface area contributed by atoms with Crippen molar-refractivity contribution in [2.45, 2.75) is 84.8 Å². The molecule has 0 aromatic heterocycles. The fraction of sp³-hybridized carbons (Fsp3) is 0.870. The van der Waals surface area contributed by atoms with E-state index in [9.17, 15) is 9.59 Å². The largest absolute Gasteiger partial charge is 0.444 e. The topological polar surface area (TPSA) is 86.3 Å². The molecule has 1 aliphatic heterocycles. The van der Waals surface area contributed by atoms with E-state index in [1.54, 1.807) is 0 Å². The number of likely N-dealkylation sites (tertiary alicyclic amines) is 1. The van der Waals surface area contributed by atoms with Gasteiger partial charge < -0.3 is 25.2 Å². The van der Waals surface area contributed by atoms with Crippen LogP contribution in [0.3, 0.4) is 0 Å². The van der Waals surface area contributed by atoms with Crippen molar-refractivity contribution in [1.82, 2.24) is 20.4 Å². The first-order chi connectivity index (χ1) is 14.7. The lowest BCUT2D eigenvalue weighted by molar-refractivity contribution is -0.121. The number of hydrogen-bond acceptors (Lipinski definition) is 4. The molecule has 8 nitrogen and oxygen atoms in total. The average Bonchev–Trinajstić information content (AvgIpc) is 3.51. The molecule has 0 aromatic rings. The van der Waals surface area contributed by atoms with Gasteiger partial charge in [-0.15, -0.1) is 0 Å². The molecule has 2 N–H and O–H groups in total. The molecule has 178 valence electrons. The van der Waals surface area contributed by atoms with Gasteiger partial charge >= 0.3 is 6.09 Å². The van der Waals surface area contributed by atoms with Gasteiger partial charge in [-0.25, -0.2) is 4.79 Å². The van der Waals surface area contributed by atoms with E-state index in [-0.39, 0.29) is 12.0 Å². The molecular formula is C23H43N5O3. The van der Waals surface area contributed by atoms with Crippen molar-refractivity contribution in [1.29, 1.82) is 0 Å². The molecule has 2 rings (SSSR count). The number of piperidine rings is 1. The van der Waals surface area contributed by atoms with E-state index in [4.69, 9.17) is 9.73 Å². The van der Waals surface area contributed by atoms with Gasteiger partial charge in [-0.1, -0.05) is 0 Å². The Balaban J connectivity index is 1.76. The van der Waals surface area contributed by atoms with E-state index in [2.05, 4.69) is 22.5 Å². The van der Waals surface area contributed by atoms with Crippen LogP contribution in [0, 0.1) is 5.92 Å². The SMILES string of the molecule is CCNC(=NCCCC(=O)NC1CC1)N1CCC(CN(CC)C(=O)OC(C)(C)C)CC1. The first-order valence-electron chi connectivity index (χ1n) is 12.0. The number of ether oxygens (including phenoxy) is 1. The molecule has 0 unspecified atom stereocenters. The maximum Gasteiger partial charge on any atom is 0.410 e. The van der Waals surface area contributed by atoms with E-state index in [1.807, 2.05) is 32.6 Å². The fourth-order valence-corrected chi connectivity index (χ4v) is 3.68. The van der Waals surface area contributed by atoms with E-state index in [1.165, 1.54) is 0 Å². The van der Waals surface area contributed by atoms with Crippen LogP contribution >= 0.6 is 0 Å². The molecule has 0 atom stereocenters. The molecule has 2 amide bonds. The molecule has 0 radical (unpaired) electrons. The second-order valence-electron chi connectivity index (χ2n) is 9.63. The third-order valence-electron chi connectivity index (χ3n) is 5.53. The van der Waals surface area contributed by atoms with Gasteiger partial charge in [0.1, 0.15) is 5.60 Å². The van der Waals surface area contributed by atoms with Crippen LogP contribution in [-0.2, 0) is 9.53 Å². The number of carbonyl (C=O) groups is 2. The molecule has 31 heavy (non-hydrogen) atoms. The van der Waals surface area contributed by atoms with Crippen molar-refractivity contribution < 1.29 is 14.3 Å². The highest BCUT2D eigenvalue weighted by Crippen LogP contribution is 2.20. The van der Waals surface area contributed by atoms with Crippen LogP contribution < -0.4 is 10.6 Å². The summed E-state index contributed by atoms with van der Waals surface area (Å²) < 4.78 is 5.54. The summed E-state index contributed by atoms with van der Waals surface area (Å²) >= 11 is 0. The van der Waals surface area contributed by atoms with Crippen LogP contribution in [0.5, 0.6) is 0 Å². The van der Waals surface area contributed by atoms with Crippen molar-refractivity contribution in [2.75, 3.05) is 39.3 Å². The first kappa shape index (κ1) is 25.3. The summed E-state index contributed by atoms with van der Waals surface area (Å²) in [6, 6.07) is 0.425. The van der Waals surface area contributed by atoms with Gasteiger partial charge in [-0.05, 0) is 72.6 Å². The maximum absolute atomic E-state index is 12.4. The Kier molecular flexibility index (Phi) is 9.91. The van der Waals surface area contributed by atoms with Gasteiger partial charge in [0.05, 0.1) is 0 Å². The number of amides is 2. The number of nitrogens with one attached hydrogen (secondary N) is 2. The third-order valence-corrected chi connectivity index (χ3v) is 5.53. The minimum absolute atomic E-state index is 0.147. The van der Waals surface area contributed by atoms with Gasteiger partial charge in [-0.2, -0.15) is 0 Å². The Labute approximate surface area is 188 Å². The summed E-state index contributed by atoms with van der Waals surface area (Å²) in [5.74, 6) is 1.55. The van der Waals surface area contributed by atoms with Crippen LogP contribution in [0.1, 0.15) is 73.1 Å². The normalized spacial score (nSPS) is 18.0. The van der Waals surface area contributed by atoms with E-state index in [0.29, 0.717) is 31.5 Å². The molecule has 1 saturated heterocycles. The number of carbonyl (C=O) groups excluding carboxylic acids is 2.